The van der Waals surface area contributed by atoms with Crippen LogP contribution in [0.15, 0.2) is 115 Å². The van der Waals surface area contributed by atoms with Crippen LogP contribution in [0.4, 0.5) is 0 Å². The maximum Gasteiger partial charge on any atom is 0.243 e. The Balaban J connectivity index is 1.46. The second-order valence-electron chi connectivity index (χ2n) is 15.8. The van der Waals surface area contributed by atoms with Crippen molar-refractivity contribution >= 4 is 51.0 Å². The number of rotatable bonds is 20. The van der Waals surface area contributed by atoms with Gasteiger partial charge in [0.2, 0.25) is 23.6 Å². The van der Waals surface area contributed by atoms with Crippen molar-refractivity contribution in [3.8, 4) is 0 Å². The molecule has 0 aliphatic carbocycles. The van der Waals surface area contributed by atoms with Gasteiger partial charge >= 0.3 is 0 Å². The first kappa shape index (κ1) is 43.2. The number of ketones is 1. The molecule has 0 saturated carbocycles. The van der Waals surface area contributed by atoms with E-state index < -0.39 is 53.3 Å². The van der Waals surface area contributed by atoms with Crippen molar-refractivity contribution in [1.82, 2.24) is 21.3 Å². The summed E-state index contributed by atoms with van der Waals surface area (Å²) in [5.74, 6) is -2.30. The van der Waals surface area contributed by atoms with Gasteiger partial charge in [-0.3, -0.25) is 24.0 Å². The number of Topliss-reactive ketones (excluding diaryl/α,β-unsaturated/α-hetero) is 1. The van der Waals surface area contributed by atoms with Gasteiger partial charge in [-0.2, -0.15) is 0 Å². The fourth-order valence-corrected chi connectivity index (χ4v) is 7.03. The Bertz CT molecular complexity index is 2200. The molecular formula is C47H56N6O5. The first-order chi connectivity index (χ1) is 27.8. The molecule has 58 heavy (non-hydrogen) atoms. The zero-order valence-electron chi connectivity index (χ0n) is 33.6. The smallest absolute Gasteiger partial charge is 0.243 e. The Morgan fingerprint density at radius 2 is 0.966 bits per heavy atom. The fourth-order valence-electron chi connectivity index (χ4n) is 7.03. The Labute approximate surface area is 340 Å². The van der Waals surface area contributed by atoms with E-state index in [1.807, 2.05) is 115 Å². The van der Waals surface area contributed by atoms with Crippen LogP contribution in [0.25, 0.3) is 21.5 Å². The number of carbonyl (C=O) groups excluding carboxylic acids is 5. The maximum atomic E-state index is 14.5. The van der Waals surface area contributed by atoms with Gasteiger partial charge in [0.05, 0.1) is 6.04 Å². The predicted molar refractivity (Wildman–Crippen MR) is 230 cm³/mol. The molecule has 11 heteroatoms. The second kappa shape index (κ2) is 20.5. The SMILES string of the molecule is CC(=O)C(CCCCN)NC(=O)C(Cc1ccccc1)NC(=O)C(Cc1ccc2ccccc2c1)NC(=O)C(Cc1ccc2ccccc2c1)NC(=O)CC(C)(C)N. The van der Waals surface area contributed by atoms with Crippen molar-refractivity contribution in [3.05, 3.63) is 132 Å². The number of amides is 4. The number of hydrogen-bond acceptors (Lipinski definition) is 7. The summed E-state index contributed by atoms with van der Waals surface area (Å²) in [6.07, 6.45) is 2.10. The predicted octanol–water partition coefficient (Wildman–Crippen LogP) is 4.81. The monoisotopic (exact) mass is 784 g/mol. The van der Waals surface area contributed by atoms with Crippen molar-refractivity contribution in [1.29, 1.82) is 0 Å². The van der Waals surface area contributed by atoms with Gasteiger partial charge in [-0.1, -0.05) is 115 Å². The van der Waals surface area contributed by atoms with E-state index in [0.717, 1.165) is 38.2 Å². The molecule has 8 N–H and O–H groups in total. The quantitative estimate of drug-likeness (QED) is 0.0612. The van der Waals surface area contributed by atoms with Crippen LogP contribution in [0.5, 0.6) is 0 Å². The van der Waals surface area contributed by atoms with Gasteiger partial charge in [0.1, 0.15) is 18.1 Å². The number of nitrogens with two attached hydrogens (primary N) is 2. The summed E-state index contributed by atoms with van der Waals surface area (Å²) in [4.78, 5) is 68.8. The lowest BCUT2D eigenvalue weighted by Crippen LogP contribution is -2.59. The van der Waals surface area contributed by atoms with Crippen molar-refractivity contribution in [2.75, 3.05) is 6.54 Å². The van der Waals surface area contributed by atoms with E-state index in [1.54, 1.807) is 13.8 Å². The molecule has 5 aromatic rings. The minimum atomic E-state index is -1.16. The zero-order valence-corrected chi connectivity index (χ0v) is 33.6. The highest BCUT2D eigenvalue weighted by molar-refractivity contribution is 5.96. The summed E-state index contributed by atoms with van der Waals surface area (Å²) in [6, 6.07) is 32.6. The molecule has 0 heterocycles. The molecule has 0 saturated heterocycles. The zero-order chi connectivity index (χ0) is 41.7. The number of fused-ring (bicyclic) bond motifs is 2. The minimum Gasteiger partial charge on any atom is -0.345 e. The molecule has 4 amide bonds. The van der Waals surface area contributed by atoms with Crippen LogP contribution in [0.2, 0.25) is 0 Å². The molecule has 11 nitrogen and oxygen atoms in total. The van der Waals surface area contributed by atoms with Crippen LogP contribution in [0.3, 0.4) is 0 Å². The Morgan fingerprint density at radius 3 is 1.43 bits per heavy atom. The molecule has 5 rings (SSSR count). The molecule has 0 aliphatic heterocycles. The highest BCUT2D eigenvalue weighted by Gasteiger charge is 2.32. The van der Waals surface area contributed by atoms with E-state index in [0.29, 0.717) is 25.8 Å². The molecule has 5 aromatic carbocycles. The van der Waals surface area contributed by atoms with Gasteiger partial charge in [-0.15, -0.1) is 0 Å². The number of unbranched alkanes of at least 4 members (excludes halogenated alkanes) is 1. The second-order valence-corrected chi connectivity index (χ2v) is 15.8. The standard InChI is InChI=1S/C47H56N6O5/c1-31(54)39(19-11-12-24-48)51-45(57)41(27-32-13-5-4-6-14-32)52-46(58)42(29-34-21-23-36-16-8-10-18-38(36)26-34)53-44(56)40(50-43(55)30-47(2,3)49)28-33-20-22-35-15-7-9-17-37(35)25-33/h4-10,13-18,20-23,25-26,39-42H,11-12,19,24,27-30,48-49H2,1-3H3,(H,50,55)(H,51,57)(H,52,58)(H,53,56). The van der Waals surface area contributed by atoms with Gasteiger partial charge in [-0.25, -0.2) is 0 Å². The minimum absolute atomic E-state index is 0.0285. The molecule has 4 unspecified atom stereocenters. The lowest BCUT2D eigenvalue weighted by molar-refractivity contribution is -0.134. The van der Waals surface area contributed by atoms with Gasteiger partial charge < -0.3 is 32.7 Å². The van der Waals surface area contributed by atoms with E-state index >= 15 is 0 Å². The topological polar surface area (TPSA) is 186 Å². The van der Waals surface area contributed by atoms with Crippen LogP contribution < -0.4 is 32.7 Å². The number of carbonyl (C=O) groups is 5. The van der Waals surface area contributed by atoms with E-state index in [2.05, 4.69) is 21.3 Å². The number of nitrogens with one attached hydrogen (secondary N) is 4. The molecule has 0 bridgehead atoms. The van der Waals surface area contributed by atoms with Crippen molar-refractivity contribution in [2.45, 2.75) is 95.4 Å². The Kier molecular flexibility index (Phi) is 15.3. The largest absolute Gasteiger partial charge is 0.345 e. The van der Waals surface area contributed by atoms with E-state index in [9.17, 15) is 24.0 Å². The average Bonchev–Trinajstić information content (AvgIpc) is 3.19. The number of hydrogen-bond donors (Lipinski definition) is 6. The fraction of sp³-hybridized carbons (Fsp3) is 0.340. The Hall–Kier alpha value is -5.91. The van der Waals surface area contributed by atoms with Crippen molar-refractivity contribution in [3.63, 3.8) is 0 Å². The molecule has 0 aliphatic rings. The lowest BCUT2D eigenvalue weighted by Gasteiger charge is -2.27. The first-order valence-electron chi connectivity index (χ1n) is 20.0. The Morgan fingerprint density at radius 1 is 0.534 bits per heavy atom. The summed E-state index contributed by atoms with van der Waals surface area (Å²) in [5.41, 5.74) is 13.4. The lowest BCUT2D eigenvalue weighted by atomic mass is 9.97. The molecular weight excluding hydrogens is 729 g/mol. The summed E-state index contributed by atoms with van der Waals surface area (Å²) in [5, 5.41) is 15.6. The highest BCUT2D eigenvalue weighted by Crippen LogP contribution is 2.19. The van der Waals surface area contributed by atoms with Gasteiger partial charge in [0.25, 0.3) is 0 Å². The van der Waals surface area contributed by atoms with Crippen molar-refractivity contribution < 1.29 is 24.0 Å². The van der Waals surface area contributed by atoms with Gasteiger partial charge in [0, 0.05) is 31.2 Å². The summed E-state index contributed by atoms with van der Waals surface area (Å²) in [7, 11) is 0. The highest BCUT2D eigenvalue weighted by atomic mass is 16.2. The molecule has 0 spiro atoms. The van der Waals surface area contributed by atoms with E-state index in [4.69, 9.17) is 11.5 Å². The van der Waals surface area contributed by atoms with Crippen LogP contribution in [-0.4, -0.2) is 65.7 Å². The molecule has 4 atom stereocenters. The molecule has 0 radical (unpaired) electrons. The third-order valence-corrected chi connectivity index (χ3v) is 10.1. The van der Waals surface area contributed by atoms with Crippen LogP contribution in [0.1, 0.15) is 63.1 Å². The third-order valence-electron chi connectivity index (χ3n) is 10.1. The average molecular weight is 785 g/mol. The van der Waals surface area contributed by atoms with Crippen molar-refractivity contribution in [2.24, 2.45) is 11.5 Å². The first-order valence-corrected chi connectivity index (χ1v) is 20.0. The molecule has 0 aromatic heterocycles. The van der Waals surface area contributed by atoms with E-state index in [-0.39, 0.29) is 31.5 Å². The normalized spacial score (nSPS) is 13.5. The maximum absolute atomic E-state index is 14.5. The van der Waals surface area contributed by atoms with Gasteiger partial charge in [-0.05, 0) is 84.8 Å². The van der Waals surface area contributed by atoms with Crippen LogP contribution >= 0.6 is 0 Å². The third kappa shape index (κ3) is 13.1. The molecule has 304 valence electrons. The number of benzene rings is 5. The summed E-state index contributed by atoms with van der Waals surface area (Å²) < 4.78 is 0. The summed E-state index contributed by atoms with van der Waals surface area (Å²) >= 11 is 0. The van der Waals surface area contributed by atoms with Gasteiger partial charge in [0.15, 0.2) is 5.78 Å². The summed E-state index contributed by atoms with van der Waals surface area (Å²) in [6.45, 7) is 5.35. The molecule has 0 fully saturated rings. The van der Waals surface area contributed by atoms with Crippen LogP contribution in [-0.2, 0) is 43.2 Å². The van der Waals surface area contributed by atoms with Crippen LogP contribution in [0, 0.1) is 0 Å². The van der Waals surface area contributed by atoms with E-state index in [1.165, 1.54) is 6.92 Å².